The molecule has 1 aliphatic rings. The van der Waals surface area contributed by atoms with Crippen molar-refractivity contribution in [1.82, 2.24) is 9.88 Å². The molecule has 0 saturated carbocycles. The minimum Gasteiger partial charge on any atom is -0.392 e. The van der Waals surface area contributed by atoms with Gasteiger partial charge in [0.05, 0.1) is 6.61 Å². The number of likely N-dealkylation sites (tertiary alicyclic amines) is 1. The van der Waals surface area contributed by atoms with Crippen molar-refractivity contribution in [2.75, 3.05) is 13.1 Å². The number of piperidine rings is 1. The van der Waals surface area contributed by atoms with Crippen molar-refractivity contribution in [3.63, 3.8) is 0 Å². The third-order valence-corrected chi connectivity index (χ3v) is 3.37. The van der Waals surface area contributed by atoms with Crippen molar-refractivity contribution in [1.29, 1.82) is 0 Å². The fourth-order valence-corrected chi connectivity index (χ4v) is 2.48. The molecule has 1 amide bonds. The Hall–Kier alpha value is -1.42. The van der Waals surface area contributed by atoms with Gasteiger partial charge < -0.3 is 10.0 Å². The largest absolute Gasteiger partial charge is 0.392 e. The van der Waals surface area contributed by atoms with Crippen LogP contribution >= 0.6 is 0 Å². The van der Waals surface area contributed by atoms with Gasteiger partial charge >= 0.3 is 0 Å². The lowest BCUT2D eigenvalue weighted by molar-refractivity contribution is -0.119. The van der Waals surface area contributed by atoms with Gasteiger partial charge in [-0.1, -0.05) is 0 Å². The summed E-state index contributed by atoms with van der Waals surface area (Å²) >= 11 is 0. The first-order chi connectivity index (χ1) is 8.24. The Morgan fingerprint density at radius 2 is 2.47 bits per heavy atom. The van der Waals surface area contributed by atoms with Crippen LogP contribution in [0.2, 0.25) is 0 Å². The Morgan fingerprint density at radius 1 is 1.65 bits per heavy atom. The number of aliphatic hydroxyl groups excluding tert-OH is 1. The Labute approximate surface area is 101 Å². The molecule has 4 heteroatoms. The van der Waals surface area contributed by atoms with Crippen LogP contribution in [0.4, 0.5) is 0 Å². The van der Waals surface area contributed by atoms with E-state index in [4.69, 9.17) is 0 Å². The second-order valence-corrected chi connectivity index (χ2v) is 4.62. The van der Waals surface area contributed by atoms with Crippen LogP contribution < -0.4 is 0 Å². The quantitative estimate of drug-likeness (QED) is 0.800. The number of pyridine rings is 1. The molecule has 0 aromatic carbocycles. The molecule has 0 aliphatic carbocycles. The molecule has 92 valence electrons. The number of carbonyl (C=O) groups excluding carboxylic acids is 1. The Morgan fingerprint density at radius 3 is 3.18 bits per heavy atom. The molecule has 1 aromatic rings. The summed E-state index contributed by atoms with van der Waals surface area (Å²) in [5.74, 6) is 0.331. The molecular weight excluding hydrogens is 216 g/mol. The Balaban J connectivity index is 2.25. The van der Waals surface area contributed by atoms with Gasteiger partial charge in [0.2, 0.25) is 6.41 Å². The van der Waals surface area contributed by atoms with E-state index in [9.17, 15) is 9.90 Å². The molecule has 1 fully saturated rings. The molecule has 1 unspecified atom stereocenters. The third kappa shape index (κ3) is 2.64. The van der Waals surface area contributed by atoms with E-state index in [2.05, 4.69) is 4.98 Å². The minimum absolute atomic E-state index is 0.0141. The molecule has 1 atom stereocenters. The Kier molecular flexibility index (Phi) is 3.74. The van der Waals surface area contributed by atoms with Gasteiger partial charge in [0, 0.05) is 30.9 Å². The van der Waals surface area contributed by atoms with Gasteiger partial charge in [0.1, 0.15) is 0 Å². The van der Waals surface area contributed by atoms with Gasteiger partial charge in [0.15, 0.2) is 0 Å². The van der Waals surface area contributed by atoms with E-state index in [1.807, 2.05) is 17.9 Å². The van der Waals surface area contributed by atoms with E-state index in [0.717, 1.165) is 49.2 Å². The van der Waals surface area contributed by atoms with Gasteiger partial charge in [-0.15, -0.1) is 0 Å². The van der Waals surface area contributed by atoms with Crippen LogP contribution in [-0.4, -0.2) is 34.5 Å². The molecule has 1 aromatic heterocycles. The van der Waals surface area contributed by atoms with Gasteiger partial charge in [-0.2, -0.15) is 0 Å². The maximum Gasteiger partial charge on any atom is 0.209 e. The lowest BCUT2D eigenvalue weighted by Crippen LogP contribution is -2.33. The molecular formula is C13H18N2O2. The van der Waals surface area contributed by atoms with Crippen LogP contribution in [0.5, 0.6) is 0 Å². The normalized spacial score (nSPS) is 20.4. The molecule has 2 rings (SSSR count). The van der Waals surface area contributed by atoms with Gasteiger partial charge in [0.25, 0.3) is 0 Å². The summed E-state index contributed by atoms with van der Waals surface area (Å²) in [7, 11) is 0. The van der Waals surface area contributed by atoms with Gasteiger partial charge in [-0.05, 0) is 37.0 Å². The van der Waals surface area contributed by atoms with Gasteiger partial charge in [-0.25, -0.2) is 0 Å². The predicted molar refractivity (Wildman–Crippen MR) is 64.5 cm³/mol. The van der Waals surface area contributed by atoms with Crippen molar-refractivity contribution in [3.8, 4) is 0 Å². The number of nitrogens with zero attached hydrogens (tertiary/aromatic N) is 2. The fourth-order valence-electron chi connectivity index (χ4n) is 2.48. The molecule has 1 aliphatic heterocycles. The molecule has 0 radical (unpaired) electrons. The smallest absolute Gasteiger partial charge is 0.209 e. The average molecular weight is 234 g/mol. The van der Waals surface area contributed by atoms with E-state index in [1.165, 1.54) is 0 Å². The minimum atomic E-state index is 0.0141. The van der Waals surface area contributed by atoms with Crippen molar-refractivity contribution in [2.24, 2.45) is 0 Å². The van der Waals surface area contributed by atoms with Crippen molar-refractivity contribution < 1.29 is 9.90 Å². The highest BCUT2D eigenvalue weighted by Crippen LogP contribution is 2.29. The van der Waals surface area contributed by atoms with Gasteiger partial charge in [-0.3, -0.25) is 9.78 Å². The van der Waals surface area contributed by atoms with Crippen LogP contribution in [-0.2, 0) is 11.4 Å². The highest BCUT2D eigenvalue weighted by atomic mass is 16.3. The number of aryl methyl sites for hydroxylation is 1. The van der Waals surface area contributed by atoms with Crippen molar-refractivity contribution >= 4 is 6.41 Å². The van der Waals surface area contributed by atoms with E-state index in [1.54, 1.807) is 6.20 Å². The molecule has 17 heavy (non-hydrogen) atoms. The van der Waals surface area contributed by atoms with E-state index in [0.29, 0.717) is 5.92 Å². The van der Waals surface area contributed by atoms with Crippen LogP contribution in [0.15, 0.2) is 12.3 Å². The summed E-state index contributed by atoms with van der Waals surface area (Å²) < 4.78 is 0. The average Bonchev–Trinajstić information content (AvgIpc) is 2.39. The zero-order valence-corrected chi connectivity index (χ0v) is 10.1. The zero-order valence-electron chi connectivity index (χ0n) is 10.1. The zero-order chi connectivity index (χ0) is 12.3. The molecule has 1 saturated heterocycles. The first-order valence-electron chi connectivity index (χ1n) is 6.00. The maximum absolute atomic E-state index is 10.8. The number of carbonyl (C=O) groups is 1. The number of hydrogen-bond acceptors (Lipinski definition) is 3. The molecule has 0 spiro atoms. The number of aromatic nitrogens is 1. The van der Waals surface area contributed by atoms with Crippen LogP contribution in [0, 0.1) is 6.92 Å². The molecule has 0 bridgehead atoms. The lowest BCUT2D eigenvalue weighted by atomic mass is 9.88. The molecule has 2 heterocycles. The highest BCUT2D eigenvalue weighted by Gasteiger charge is 2.22. The maximum atomic E-state index is 10.8. The summed E-state index contributed by atoms with van der Waals surface area (Å²) in [6, 6.07) is 2.03. The van der Waals surface area contributed by atoms with E-state index in [-0.39, 0.29) is 6.61 Å². The van der Waals surface area contributed by atoms with Crippen molar-refractivity contribution in [2.45, 2.75) is 32.3 Å². The topological polar surface area (TPSA) is 53.4 Å². The number of aliphatic hydroxyl groups is 1. The highest BCUT2D eigenvalue weighted by molar-refractivity contribution is 5.48. The monoisotopic (exact) mass is 234 g/mol. The predicted octanol–water partition coefficient (Wildman–Crippen LogP) is 1.22. The Bertz CT molecular complexity index is 406. The van der Waals surface area contributed by atoms with Crippen LogP contribution in [0.3, 0.4) is 0 Å². The number of amides is 1. The van der Waals surface area contributed by atoms with E-state index >= 15 is 0 Å². The summed E-state index contributed by atoms with van der Waals surface area (Å²) in [5, 5.41) is 9.34. The summed E-state index contributed by atoms with van der Waals surface area (Å²) in [6.07, 6.45) is 4.75. The van der Waals surface area contributed by atoms with Crippen LogP contribution in [0.25, 0.3) is 0 Å². The second kappa shape index (κ2) is 5.27. The summed E-state index contributed by atoms with van der Waals surface area (Å²) in [4.78, 5) is 16.8. The van der Waals surface area contributed by atoms with Crippen molar-refractivity contribution in [3.05, 3.63) is 29.1 Å². The summed E-state index contributed by atoms with van der Waals surface area (Å²) in [5.41, 5.74) is 2.99. The summed E-state index contributed by atoms with van der Waals surface area (Å²) in [6.45, 7) is 3.56. The van der Waals surface area contributed by atoms with E-state index < -0.39 is 0 Å². The fraction of sp³-hybridized carbons (Fsp3) is 0.538. The lowest BCUT2D eigenvalue weighted by Gasteiger charge is -2.31. The molecule has 4 nitrogen and oxygen atoms in total. The number of hydrogen-bond donors (Lipinski definition) is 1. The standard InChI is InChI=1S/C13H18N2O2/c1-10-5-13(12(8-16)6-14-10)11-3-2-4-15(7-11)9-17/h5-6,9,11,16H,2-4,7-8H2,1H3. The van der Waals surface area contributed by atoms with Crippen LogP contribution in [0.1, 0.15) is 35.6 Å². The first-order valence-corrected chi connectivity index (χ1v) is 6.00. The third-order valence-electron chi connectivity index (χ3n) is 3.37. The second-order valence-electron chi connectivity index (χ2n) is 4.62. The first kappa shape index (κ1) is 12.0. The number of rotatable bonds is 3. The SMILES string of the molecule is Cc1cc(C2CCCN(C=O)C2)c(CO)cn1. The molecule has 1 N–H and O–H groups in total.